The Morgan fingerprint density at radius 3 is 2.36 bits per heavy atom. The smallest absolute Gasteiger partial charge is 0.319 e. The molecule has 2 aromatic rings. The van der Waals surface area contributed by atoms with Gasteiger partial charge in [0.15, 0.2) is 0 Å². The highest BCUT2D eigenvalue weighted by atomic mass is 19.4. The Hall–Kier alpha value is -2.83. The van der Waals surface area contributed by atoms with Gasteiger partial charge in [-0.1, -0.05) is 42.5 Å². The molecule has 1 aliphatic rings. The van der Waals surface area contributed by atoms with Crippen molar-refractivity contribution in [1.29, 1.82) is 0 Å². The summed E-state index contributed by atoms with van der Waals surface area (Å²) in [6.07, 6.45) is -4.48. The van der Waals surface area contributed by atoms with Crippen LogP contribution in [0.4, 0.5) is 18.0 Å². The molecule has 130 valence electrons. The average molecular weight is 348 g/mol. The first-order valence-electron chi connectivity index (χ1n) is 7.57. The van der Waals surface area contributed by atoms with Gasteiger partial charge in [-0.2, -0.15) is 13.2 Å². The van der Waals surface area contributed by atoms with Crippen LogP contribution in [-0.2, 0) is 23.1 Å². The summed E-state index contributed by atoms with van der Waals surface area (Å²) < 4.78 is 38.5. The molecule has 0 aromatic heterocycles. The maximum absolute atomic E-state index is 12.8. The molecule has 0 spiro atoms. The molecular weight excluding hydrogens is 333 g/mol. The van der Waals surface area contributed by atoms with Crippen LogP contribution < -0.4 is 5.32 Å². The lowest BCUT2D eigenvalue weighted by atomic mass is 9.92. The minimum absolute atomic E-state index is 0.225. The largest absolute Gasteiger partial charge is 0.416 e. The third kappa shape index (κ3) is 3.09. The van der Waals surface area contributed by atoms with Gasteiger partial charge in [-0.05, 0) is 30.2 Å². The van der Waals surface area contributed by atoms with Crippen molar-refractivity contribution in [2.45, 2.75) is 25.2 Å². The van der Waals surface area contributed by atoms with Crippen LogP contribution in [0.2, 0.25) is 0 Å². The van der Waals surface area contributed by atoms with E-state index < -0.39 is 29.2 Å². The maximum Gasteiger partial charge on any atom is 0.416 e. The zero-order chi connectivity index (χ0) is 18.2. The van der Waals surface area contributed by atoms with Crippen molar-refractivity contribution in [3.8, 4) is 0 Å². The maximum atomic E-state index is 12.8. The van der Waals surface area contributed by atoms with Crippen molar-refractivity contribution < 1.29 is 22.8 Å². The highest BCUT2D eigenvalue weighted by Gasteiger charge is 2.48. The van der Waals surface area contributed by atoms with Gasteiger partial charge in [0.05, 0.1) is 12.1 Å². The van der Waals surface area contributed by atoms with Gasteiger partial charge in [0.25, 0.3) is 5.91 Å². The van der Waals surface area contributed by atoms with Gasteiger partial charge in [-0.3, -0.25) is 9.69 Å². The minimum Gasteiger partial charge on any atom is -0.319 e. The predicted molar refractivity (Wildman–Crippen MR) is 84.3 cm³/mol. The minimum atomic E-state index is -4.48. The molecule has 1 N–H and O–H groups in total. The first-order valence-corrected chi connectivity index (χ1v) is 7.57. The molecule has 25 heavy (non-hydrogen) atoms. The number of carbonyl (C=O) groups excluding carboxylic acids is 2. The highest BCUT2D eigenvalue weighted by molar-refractivity contribution is 6.07. The molecule has 1 heterocycles. The molecule has 0 saturated carbocycles. The van der Waals surface area contributed by atoms with Crippen LogP contribution in [0.1, 0.15) is 23.6 Å². The number of nitrogens with one attached hydrogen (secondary N) is 1. The Balaban J connectivity index is 1.87. The van der Waals surface area contributed by atoms with Crippen molar-refractivity contribution >= 4 is 11.9 Å². The summed E-state index contributed by atoms with van der Waals surface area (Å²) >= 11 is 0. The quantitative estimate of drug-likeness (QED) is 0.861. The van der Waals surface area contributed by atoms with Gasteiger partial charge >= 0.3 is 12.2 Å². The number of carbonyl (C=O) groups is 2. The zero-order valence-electron chi connectivity index (χ0n) is 13.3. The first-order chi connectivity index (χ1) is 11.7. The molecule has 7 heteroatoms. The number of imide groups is 1. The second kappa shape index (κ2) is 5.91. The van der Waals surface area contributed by atoms with E-state index in [2.05, 4.69) is 5.32 Å². The lowest BCUT2D eigenvalue weighted by Crippen LogP contribution is -2.40. The SMILES string of the molecule is CC1(c2ccccc2)NC(=O)N(Cc2cccc(C(F)(F)F)c2)C1=O. The second-order valence-electron chi connectivity index (χ2n) is 6.01. The summed E-state index contributed by atoms with van der Waals surface area (Å²) in [4.78, 5) is 25.9. The van der Waals surface area contributed by atoms with E-state index in [1.165, 1.54) is 12.1 Å². The van der Waals surface area contributed by atoms with E-state index in [0.29, 0.717) is 5.56 Å². The molecule has 1 saturated heterocycles. The van der Waals surface area contributed by atoms with Crippen LogP contribution in [0.15, 0.2) is 54.6 Å². The van der Waals surface area contributed by atoms with E-state index in [1.807, 2.05) is 0 Å². The van der Waals surface area contributed by atoms with Crippen LogP contribution in [0.25, 0.3) is 0 Å². The number of rotatable bonds is 3. The molecule has 0 aliphatic carbocycles. The molecule has 1 aliphatic heterocycles. The number of benzene rings is 2. The fourth-order valence-corrected chi connectivity index (χ4v) is 2.84. The molecule has 0 bridgehead atoms. The lowest BCUT2D eigenvalue weighted by molar-refractivity contribution is -0.137. The van der Waals surface area contributed by atoms with E-state index in [1.54, 1.807) is 37.3 Å². The van der Waals surface area contributed by atoms with E-state index in [0.717, 1.165) is 17.0 Å². The Labute approximate surface area is 142 Å². The first kappa shape index (κ1) is 17.0. The van der Waals surface area contributed by atoms with Gasteiger partial charge in [-0.25, -0.2) is 4.79 Å². The molecule has 1 fully saturated rings. The Morgan fingerprint density at radius 2 is 1.72 bits per heavy atom. The summed E-state index contributed by atoms with van der Waals surface area (Å²) in [6, 6.07) is 12.7. The predicted octanol–water partition coefficient (Wildman–Crippen LogP) is 3.67. The van der Waals surface area contributed by atoms with E-state index in [9.17, 15) is 22.8 Å². The second-order valence-corrected chi connectivity index (χ2v) is 6.01. The molecule has 0 radical (unpaired) electrons. The Bertz CT molecular complexity index is 821. The summed E-state index contributed by atoms with van der Waals surface area (Å²) in [7, 11) is 0. The van der Waals surface area contributed by atoms with Gasteiger partial charge in [0, 0.05) is 0 Å². The third-order valence-corrected chi connectivity index (χ3v) is 4.22. The van der Waals surface area contributed by atoms with Crippen LogP contribution >= 0.6 is 0 Å². The van der Waals surface area contributed by atoms with Gasteiger partial charge in [0.2, 0.25) is 0 Å². The summed E-state index contributed by atoms with van der Waals surface area (Å²) in [5.41, 5.74) is -1.21. The van der Waals surface area contributed by atoms with Crippen molar-refractivity contribution in [2.75, 3.05) is 0 Å². The molecular formula is C18H15F3N2O2. The number of urea groups is 1. The van der Waals surface area contributed by atoms with Crippen molar-refractivity contribution in [2.24, 2.45) is 0 Å². The van der Waals surface area contributed by atoms with Crippen LogP contribution in [0.3, 0.4) is 0 Å². The summed E-state index contributed by atoms with van der Waals surface area (Å²) in [5, 5.41) is 2.63. The molecule has 1 unspecified atom stereocenters. The fourth-order valence-electron chi connectivity index (χ4n) is 2.84. The number of hydrogen-bond acceptors (Lipinski definition) is 2. The molecule has 3 rings (SSSR count). The lowest BCUT2D eigenvalue weighted by Gasteiger charge is -2.22. The topological polar surface area (TPSA) is 49.4 Å². The van der Waals surface area contributed by atoms with Gasteiger partial charge < -0.3 is 5.32 Å². The standard InChI is InChI=1S/C18H15F3N2O2/c1-17(13-7-3-2-4-8-13)15(24)23(16(25)22-17)11-12-6-5-9-14(10-12)18(19,20)21/h2-10H,11H2,1H3,(H,22,25). The monoisotopic (exact) mass is 348 g/mol. The average Bonchev–Trinajstić information content (AvgIpc) is 2.80. The number of hydrogen-bond donors (Lipinski definition) is 1. The summed E-state index contributed by atoms with van der Waals surface area (Å²) in [6.45, 7) is 1.35. The Kier molecular flexibility index (Phi) is 4.02. The summed E-state index contributed by atoms with van der Waals surface area (Å²) in [5.74, 6) is -0.499. The third-order valence-electron chi connectivity index (χ3n) is 4.22. The van der Waals surface area contributed by atoms with Crippen molar-refractivity contribution in [1.82, 2.24) is 10.2 Å². The number of alkyl halides is 3. The van der Waals surface area contributed by atoms with Crippen molar-refractivity contribution in [3.63, 3.8) is 0 Å². The van der Waals surface area contributed by atoms with Gasteiger partial charge in [0.1, 0.15) is 5.54 Å². The Morgan fingerprint density at radius 1 is 1.04 bits per heavy atom. The molecule has 4 nitrogen and oxygen atoms in total. The number of halogens is 3. The van der Waals surface area contributed by atoms with Crippen LogP contribution in [0, 0.1) is 0 Å². The van der Waals surface area contributed by atoms with Crippen LogP contribution in [-0.4, -0.2) is 16.8 Å². The normalized spacial score (nSPS) is 20.7. The molecule has 2 aromatic carbocycles. The molecule has 3 amide bonds. The van der Waals surface area contributed by atoms with E-state index in [4.69, 9.17) is 0 Å². The van der Waals surface area contributed by atoms with Crippen LogP contribution in [0.5, 0.6) is 0 Å². The number of nitrogens with zero attached hydrogens (tertiary/aromatic N) is 1. The van der Waals surface area contributed by atoms with Gasteiger partial charge in [-0.15, -0.1) is 0 Å². The van der Waals surface area contributed by atoms with Crippen molar-refractivity contribution in [3.05, 3.63) is 71.3 Å². The zero-order valence-corrected chi connectivity index (χ0v) is 13.3. The highest BCUT2D eigenvalue weighted by Crippen LogP contribution is 2.32. The molecule has 1 atom stereocenters. The van der Waals surface area contributed by atoms with E-state index in [-0.39, 0.29) is 12.1 Å². The van der Waals surface area contributed by atoms with E-state index >= 15 is 0 Å². The fraction of sp³-hybridized carbons (Fsp3) is 0.222. The number of amides is 3.